The fourth-order valence-electron chi connectivity index (χ4n) is 1.94. The van der Waals surface area contributed by atoms with Crippen molar-refractivity contribution in [2.75, 3.05) is 12.9 Å². The first-order chi connectivity index (χ1) is 10.7. The number of rotatable bonds is 4. The summed E-state index contributed by atoms with van der Waals surface area (Å²) in [6.07, 6.45) is 1.32. The van der Waals surface area contributed by atoms with Crippen LogP contribution in [0.3, 0.4) is 0 Å². The zero-order valence-electron chi connectivity index (χ0n) is 11.6. The Morgan fingerprint density at radius 2 is 2.45 bits per heavy atom. The van der Waals surface area contributed by atoms with E-state index in [-0.39, 0.29) is 12.5 Å². The van der Waals surface area contributed by atoms with Crippen LogP contribution in [0.15, 0.2) is 39.2 Å². The van der Waals surface area contributed by atoms with Gasteiger partial charge in [0, 0.05) is 6.07 Å². The molecule has 6 nitrogen and oxygen atoms in total. The minimum atomic E-state index is -0.485. The summed E-state index contributed by atoms with van der Waals surface area (Å²) in [5.74, 6) is 0.420. The van der Waals surface area contributed by atoms with Gasteiger partial charge >= 0.3 is 5.97 Å². The van der Waals surface area contributed by atoms with Crippen molar-refractivity contribution in [3.8, 4) is 10.6 Å². The third-order valence-corrected chi connectivity index (χ3v) is 4.91. The lowest BCUT2D eigenvalue weighted by Gasteiger charge is -2.14. The summed E-state index contributed by atoms with van der Waals surface area (Å²) in [5, 5.41) is 6.51. The van der Waals surface area contributed by atoms with Crippen molar-refractivity contribution in [1.82, 2.24) is 10.1 Å². The Kier molecular flexibility index (Phi) is 4.30. The molecular weight excluding hydrogens is 324 g/mol. The topological polar surface area (TPSA) is 72.6 Å². The number of nitrogens with zero attached hydrogens (tertiary/aromatic N) is 2. The number of amides is 1. The normalized spacial score (nSPS) is 16.5. The van der Waals surface area contributed by atoms with Crippen LogP contribution in [0.2, 0.25) is 0 Å². The molecule has 2 aromatic rings. The molecule has 0 spiro atoms. The molecule has 0 N–H and O–H groups in total. The fraction of sp³-hybridized carbons (Fsp3) is 0.214. The molecule has 22 heavy (non-hydrogen) atoms. The molecule has 1 aliphatic rings. The molecule has 0 bridgehead atoms. The molecule has 0 aliphatic carbocycles. The summed E-state index contributed by atoms with van der Waals surface area (Å²) in [7, 11) is 1.30. The van der Waals surface area contributed by atoms with Crippen LogP contribution < -0.4 is 0 Å². The average molecular weight is 336 g/mol. The Morgan fingerprint density at radius 3 is 3.18 bits per heavy atom. The Morgan fingerprint density at radius 1 is 1.59 bits per heavy atom. The molecule has 3 heterocycles. The summed E-state index contributed by atoms with van der Waals surface area (Å²) in [5.41, 5.74) is 0.634. The summed E-state index contributed by atoms with van der Waals surface area (Å²) in [6.45, 7) is 0.267. The maximum Gasteiger partial charge on any atom is 0.333 e. The summed E-state index contributed by atoms with van der Waals surface area (Å²) in [6, 6.07) is 5.67. The van der Waals surface area contributed by atoms with E-state index in [2.05, 4.69) is 9.89 Å². The van der Waals surface area contributed by atoms with E-state index >= 15 is 0 Å². The fourth-order valence-corrected chi connectivity index (χ4v) is 3.55. The molecule has 0 aromatic carbocycles. The number of carbonyl (C=O) groups excluding carboxylic acids is 2. The number of hydrogen-bond acceptors (Lipinski definition) is 7. The van der Waals surface area contributed by atoms with Gasteiger partial charge in [0.05, 0.1) is 35.4 Å². The monoisotopic (exact) mass is 336 g/mol. The van der Waals surface area contributed by atoms with Gasteiger partial charge in [0.25, 0.3) is 0 Å². The van der Waals surface area contributed by atoms with Crippen molar-refractivity contribution in [3.63, 3.8) is 0 Å². The highest BCUT2D eigenvalue weighted by atomic mass is 32.2. The first kappa shape index (κ1) is 14.9. The average Bonchev–Trinajstić information content (AvgIpc) is 3.23. The Hall–Kier alpha value is -2.06. The maximum absolute atomic E-state index is 12.0. The zero-order valence-corrected chi connectivity index (χ0v) is 13.3. The molecule has 2 aromatic heterocycles. The van der Waals surface area contributed by atoms with Crippen LogP contribution in [-0.4, -0.2) is 34.8 Å². The van der Waals surface area contributed by atoms with Gasteiger partial charge in [0.15, 0.2) is 5.76 Å². The standard InChI is InChI=1S/C14H12N2O4S2/c1-19-14(18)6-13-16(12(17)8-22-13)7-9-5-10(20-15-9)11-3-2-4-21-11/h2-6H,7-8H2,1H3/b13-6-. The molecule has 3 rings (SSSR count). The van der Waals surface area contributed by atoms with Gasteiger partial charge in [-0.2, -0.15) is 0 Å². The first-order valence-corrected chi connectivity index (χ1v) is 8.26. The largest absolute Gasteiger partial charge is 0.466 e. The van der Waals surface area contributed by atoms with Crippen LogP contribution in [-0.2, 0) is 20.9 Å². The summed E-state index contributed by atoms with van der Waals surface area (Å²) >= 11 is 2.86. The molecule has 1 amide bonds. The van der Waals surface area contributed by atoms with Crippen molar-refractivity contribution in [2.24, 2.45) is 0 Å². The Balaban J connectivity index is 1.78. The lowest BCUT2D eigenvalue weighted by Crippen LogP contribution is -2.24. The van der Waals surface area contributed by atoms with E-state index in [1.807, 2.05) is 17.5 Å². The molecule has 0 radical (unpaired) electrons. The summed E-state index contributed by atoms with van der Waals surface area (Å²) < 4.78 is 9.90. The van der Waals surface area contributed by atoms with Crippen LogP contribution in [0.1, 0.15) is 5.69 Å². The van der Waals surface area contributed by atoms with Gasteiger partial charge in [-0.15, -0.1) is 11.3 Å². The predicted molar refractivity (Wildman–Crippen MR) is 82.9 cm³/mol. The molecule has 1 fully saturated rings. The Labute approximate surface area is 134 Å². The third-order valence-electron chi connectivity index (χ3n) is 3.00. The number of thiophene rings is 1. The SMILES string of the molecule is COC(=O)/C=C1\SCC(=O)N1Cc1cc(-c2cccs2)on1. The number of esters is 1. The number of thioether (sulfide) groups is 1. The van der Waals surface area contributed by atoms with E-state index in [0.717, 1.165) is 4.88 Å². The highest BCUT2D eigenvalue weighted by Gasteiger charge is 2.28. The minimum Gasteiger partial charge on any atom is -0.466 e. The second kappa shape index (κ2) is 6.37. The number of methoxy groups -OCH3 is 1. The van der Waals surface area contributed by atoms with Crippen molar-refractivity contribution in [2.45, 2.75) is 6.54 Å². The quantitative estimate of drug-likeness (QED) is 0.631. The summed E-state index contributed by atoms with van der Waals surface area (Å²) in [4.78, 5) is 25.8. The van der Waals surface area contributed by atoms with Gasteiger partial charge in [-0.25, -0.2) is 4.79 Å². The van der Waals surface area contributed by atoms with Gasteiger partial charge in [-0.05, 0) is 11.4 Å². The van der Waals surface area contributed by atoms with Crippen molar-refractivity contribution >= 4 is 35.0 Å². The highest BCUT2D eigenvalue weighted by molar-refractivity contribution is 8.04. The van der Waals surface area contributed by atoms with Gasteiger partial charge in [0.1, 0.15) is 5.69 Å². The lowest BCUT2D eigenvalue weighted by atomic mass is 10.3. The molecular formula is C14H12N2O4S2. The van der Waals surface area contributed by atoms with Crippen LogP contribution in [0, 0.1) is 0 Å². The number of carbonyl (C=O) groups is 2. The molecule has 1 saturated heterocycles. The maximum atomic E-state index is 12.0. The van der Waals surface area contributed by atoms with Crippen LogP contribution in [0.5, 0.6) is 0 Å². The molecule has 114 valence electrons. The molecule has 8 heteroatoms. The van der Waals surface area contributed by atoms with E-state index < -0.39 is 5.97 Å². The van der Waals surface area contributed by atoms with Gasteiger partial charge in [-0.1, -0.05) is 23.0 Å². The molecule has 1 aliphatic heterocycles. The van der Waals surface area contributed by atoms with E-state index in [1.54, 1.807) is 17.4 Å². The molecule has 0 atom stereocenters. The predicted octanol–water partition coefficient (Wildman–Crippen LogP) is 2.49. The van der Waals surface area contributed by atoms with E-state index in [1.165, 1.54) is 29.8 Å². The lowest BCUT2D eigenvalue weighted by molar-refractivity contribution is -0.134. The molecule has 0 unspecified atom stereocenters. The zero-order chi connectivity index (χ0) is 15.5. The first-order valence-electron chi connectivity index (χ1n) is 6.39. The van der Waals surface area contributed by atoms with Gasteiger partial charge in [-0.3, -0.25) is 9.69 Å². The number of ether oxygens (including phenoxy) is 1. The van der Waals surface area contributed by atoms with Crippen molar-refractivity contribution in [3.05, 3.63) is 40.4 Å². The number of aromatic nitrogens is 1. The smallest absolute Gasteiger partial charge is 0.333 e. The second-order valence-electron chi connectivity index (χ2n) is 4.43. The van der Waals surface area contributed by atoms with Crippen LogP contribution in [0.25, 0.3) is 10.6 Å². The van der Waals surface area contributed by atoms with E-state index in [0.29, 0.717) is 22.2 Å². The third kappa shape index (κ3) is 3.07. The van der Waals surface area contributed by atoms with Crippen molar-refractivity contribution < 1.29 is 18.8 Å². The molecule has 0 saturated carbocycles. The highest BCUT2D eigenvalue weighted by Crippen LogP contribution is 2.31. The van der Waals surface area contributed by atoms with Gasteiger partial charge in [0.2, 0.25) is 5.91 Å². The van der Waals surface area contributed by atoms with E-state index in [4.69, 9.17) is 4.52 Å². The van der Waals surface area contributed by atoms with Crippen molar-refractivity contribution in [1.29, 1.82) is 0 Å². The Bertz CT molecular complexity index is 721. The number of hydrogen-bond donors (Lipinski definition) is 0. The van der Waals surface area contributed by atoms with Crippen LogP contribution in [0.4, 0.5) is 0 Å². The van der Waals surface area contributed by atoms with E-state index in [9.17, 15) is 9.59 Å². The minimum absolute atomic E-state index is 0.0687. The van der Waals surface area contributed by atoms with Gasteiger partial charge < -0.3 is 9.26 Å². The van der Waals surface area contributed by atoms with Crippen LogP contribution >= 0.6 is 23.1 Å². The second-order valence-corrected chi connectivity index (χ2v) is 6.38.